The van der Waals surface area contributed by atoms with Crippen LogP contribution in [0.1, 0.15) is 46.3 Å². The maximum atomic E-state index is 13.6. The summed E-state index contributed by atoms with van der Waals surface area (Å²) in [6.07, 6.45) is 1.07. The molecule has 0 saturated carbocycles. The number of fused-ring (bicyclic) bond motifs is 1. The highest BCUT2D eigenvalue weighted by Crippen LogP contribution is 2.44. The second-order valence-electron chi connectivity index (χ2n) is 8.48. The molecule has 0 aromatic heterocycles. The Morgan fingerprint density at radius 1 is 0.882 bits per heavy atom. The summed E-state index contributed by atoms with van der Waals surface area (Å²) >= 11 is 12.4. The number of esters is 1. The van der Waals surface area contributed by atoms with Crippen molar-refractivity contribution in [3.8, 4) is 0 Å². The van der Waals surface area contributed by atoms with Gasteiger partial charge in [0, 0.05) is 27.7 Å². The number of methoxy groups -OCH3 is 1. The van der Waals surface area contributed by atoms with E-state index >= 15 is 0 Å². The van der Waals surface area contributed by atoms with Gasteiger partial charge in [0.25, 0.3) is 0 Å². The van der Waals surface area contributed by atoms with Crippen molar-refractivity contribution in [2.75, 3.05) is 17.7 Å². The molecule has 1 aliphatic carbocycles. The highest BCUT2D eigenvalue weighted by Gasteiger charge is 2.36. The molecule has 172 valence electrons. The largest absolute Gasteiger partial charge is 0.465 e. The van der Waals surface area contributed by atoms with Gasteiger partial charge < -0.3 is 15.4 Å². The number of rotatable bonds is 3. The lowest BCUT2D eigenvalue weighted by atomic mass is 9.78. The summed E-state index contributed by atoms with van der Waals surface area (Å²) in [4.78, 5) is 25.5. The molecule has 1 aliphatic heterocycles. The quantitative estimate of drug-likeness (QED) is 0.395. The molecule has 5 rings (SSSR count). The average Bonchev–Trinajstić information content (AvgIpc) is 3.00. The number of allylic oxidation sites excluding steroid dienone is 1. The zero-order valence-corrected chi connectivity index (χ0v) is 19.9. The van der Waals surface area contributed by atoms with Crippen LogP contribution >= 0.6 is 23.2 Å². The summed E-state index contributed by atoms with van der Waals surface area (Å²) in [5.41, 5.74) is 5.64. The molecular formula is C27H22Cl2N2O3. The highest BCUT2D eigenvalue weighted by molar-refractivity contribution is 6.31. The summed E-state index contributed by atoms with van der Waals surface area (Å²) < 4.78 is 4.81. The van der Waals surface area contributed by atoms with Crippen LogP contribution in [0.5, 0.6) is 0 Å². The van der Waals surface area contributed by atoms with Crippen LogP contribution in [0.2, 0.25) is 10.0 Å². The van der Waals surface area contributed by atoms with Crippen molar-refractivity contribution < 1.29 is 14.3 Å². The highest BCUT2D eigenvalue weighted by atomic mass is 35.5. The minimum Gasteiger partial charge on any atom is -0.465 e. The molecule has 2 atom stereocenters. The number of Topliss-reactive ketones (excluding diaryl/α,β-unsaturated/α-hetero) is 1. The Hall–Kier alpha value is -3.28. The minimum atomic E-state index is -0.401. The van der Waals surface area contributed by atoms with Gasteiger partial charge in [-0.2, -0.15) is 0 Å². The topological polar surface area (TPSA) is 67.4 Å². The molecule has 2 N–H and O–H groups in total. The van der Waals surface area contributed by atoms with Gasteiger partial charge in [-0.05, 0) is 65.9 Å². The van der Waals surface area contributed by atoms with Crippen LogP contribution in [-0.2, 0) is 9.53 Å². The fourth-order valence-corrected chi connectivity index (χ4v) is 4.97. The second-order valence-corrected chi connectivity index (χ2v) is 9.35. The summed E-state index contributed by atoms with van der Waals surface area (Å²) in [6.45, 7) is 0. The third kappa shape index (κ3) is 4.29. The zero-order valence-electron chi connectivity index (χ0n) is 18.4. The first kappa shape index (κ1) is 22.5. The van der Waals surface area contributed by atoms with Crippen molar-refractivity contribution in [2.24, 2.45) is 0 Å². The number of halogens is 2. The van der Waals surface area contributed by atoms with Crippen molar-refractivity contribution in [3.05, 3.63) is 105 Å². The van der Waals surface area contributed by atoms with Crippen molar-refractivity contribution in [1.82, 2.24) is 0 Å². The van der Waals surface area contributed by atoms with Crippen LogP contribution in [0.3, 0.4) is 0 Å². The molecular weight excluding hydrogens is 471 g/mol. The zero-order chi connectivity index (χ0) is 23.8. The van der Waals surface area contributed by atoms with Gasteiger partial charge >= 0.3 is 5.97 Å². The molecule has 0 fully saturated rings. The van der Waals surface area contributed by atoms with Gasteiger partial charge in [-0.1, -0.05) is 47.5 Å². The third-order valence-electron chi connectivity index (χ3n) is 6.37. The van der Waals surface area contributed by atoms with Crippen LogP contribution < -0.4 is 10.6 Å². The molecule has 0 amide bonds. The van der Waals surface area contributed by atoms with Crippen molar-refractivity contribution >= 4 is 46.3 Å². The van der Waals surface area contributed by atoms with Crippen molar-refractivity contribution in [2.45, 2.75) is 24.8 Å². The average molecular weight is 493 g/mol. The van der Waals surface area contributed by atoms with Gasteiger partial charge in [0.15, 0.2) is 5.78 Å². The normalized spacial score (nSPS) is 19.3. The van der Waals surface area contributed by atoms with E-state index in [2.05, 4.69) is 10.6 Å². The first-order valence-electron chi connectivity index (χ1n) is 11.0. The Morgan fingerprint density at radius 2 is 1.56 bits per heavy atom. The first-order chi connectivity index (χ1) is 16.4. The van der Waals surface area contributed by atoms with Crippen molar-refractivity contribution in [1.29, 1.82) is 0 Å². The van der Waals surface area contributed by atoms with E-state index in [0.29, 0.717) is 34.0 Å². The molecule has 3 aromatic carbocycles. The number of carbonyl (C=O) groups excluding carboxylic acids is 2. The molecule has 7 heteroatoms. The van der Waals surface area contributed by atoms with Crippen LogP contribution in [0, 0.1) is 0 Å². The number of ether oxygens (including phenoxy) is 1. The SMILES string of the molecule is COC(=O)c1ccc([C@H]2Nc3ccc(Cl)cc3NC3=C2C(=O)C[C@@H](c2ccc(Cl)cc2)C3)cc1. The van der Waals surface area contributed by atoms with E-state index in [1.807, 2.05) is 54.6 Å². The second kappa shape index (κ2) is 9.16. The predicted molar refractivity (Wildman–Crippen MR) is 135 cm³/mol. The molecule has 0 saturated heterocycles. The Kier molecular flexibility index (Phi) is 6.07. The maximum absolute atomic E-state index is 13.6. The third-order valence-corrected chi connectivity index (χ3v) is 6.86. The van der Waals surface area contributed by atoms with E-state index in [1.165, 1.54) is 7.11 Å². The van der Waals surface area contributed by atoms with E-state index in [0.717, 1.165) is 28.2 Å². The molecule has 2 aliphatic rings. The van der Waals surface area contributed by atoms with Crippen LogP contribution in [0.25, 0.3) is 0 Å². The molecule has 3 aromatic rings. The molecule has 0 unspecified atom stereocenters. The number of benzene rings is 3. The van der Waals surface area contributed by atoms with Gasteiger partial charge in [0.2, 0.25) is 0 Å². The summed E-state index contributed by atoms with van der Waals surface area (Å²) in [5, 5.41) is 8.29. The fourth-order valence-electron chi connectivity index (χ4n) is 4.67. The number of carbonyl (C=O) groups is 2. The van der Waals surface area contributed by atoms with Crippen molar-refractivity contribution in [3.63, 3.8) is 0 Å². The lowest BCUT2D eigenvalue weighted by molar-refractivity contribution is -0.116. The Bertz CT molecular complexity index is 1300. The standard InChI is InChI=1S/C27H22Cl2N2O3/c1-34-27(33)17-4-2-16(3-5-17)26-25-23(30-22-14-20(29)10-11-21(22)31-26)12-18(13-24(25)32)15-6-8-19(28)9-7-15/h2-11,14,18,26,30-31H,12-13H2,1H3/t18-,26+/m0/s1. The number of ketones is 1. The Labute approximate surface area is 207 Å². The van der Waals surface area contributed by atoms with Gasteiger partial charge in [0.1, 0.15) is 0 Å². The number of hydrogen-bond donors (Lipinski definition) is 2. The van der Waals surface area contributed by atoms with Crippen LogP contribution in [0.4, 0.5) is 11.4 Å². The molecule has 34 heavy (non-hydrogen) atoms. The number of nitrogens with one attached hydrogen (secondary N) is 2. The first-order valence-corrected chi connectivity index (χ1v) is 11.7. The molecule has 0 bridgehead atoms. The molecule has 1 heterocycles. The van der Waals surface area contributed by atoms with Gasteiger partial charge in [-0.3, -0.25) is 4.79 Å². The minimum absolute atomic E-state index is 0.0408. The summed E-state index contributed by atoms with van der Waals surface area (Å²) in [6, 6.07) is 20.0. The summed E-state index contributed by atoms with van der Waals surface area (Å²) in [7, 11) is 1.35. The summed E-state index contributed by atoms with van der Waals surface area (Å²) in [5.74, 6) is -0.289. The van der Waals surface area contributed by atoms with Crippen LogP contribution in [-0.4, -0.2) is 18.9 Å². The molecule has 5 nitrogen and oxygen atoms in total. The number of hydrogen-bond acceptors (Lipinski definition) is 5. The smallest absolute Gasteiger partial charge is 0.337 e. The molecule has 0 radical (unpaired) electrons. The maximum Gasteiger partial charge on any atom is 0.337 e. The van der Waals surface area contributed by atoms with Gasteiger partial charge in [0.05, 0.1) is 30.1 Å². The van der Waals surface area contributed by atoms with E-state index in [4.69, 9.17) is 27.9 Å². The Balaban J connectivity index is 1.58. The molecule has 0 spiro atoms. The van der Waals surface area contributed by atoms with Gasteiger partial charge in [-0.25, -0.2) is 4.79 Å². The van der Waals surface area contributed by atoms with E-state index in [-0.39, 0.29) is 17.7 Å². The lowest BCUT2D eigenvalue weighted by Gasteiger charge is -2.30. The van der Waals surface area contributed by atoms with E-state index < -0.39 is 5.97 Å². The lowest BCUT2D eigenvalue weighted by Crippen LogP contribution is -2.26. The monoisotopic (exact) mass is 492 g/mol. The van der Waals surface area contributed by atoms with E-state index in [1.54, 1.807) is 12.1 Å². The van der Waals surface area contributed by atoms with Crippen LogP contribution in [0.15, 0.2) is 78.0 Å². The number of anilines is 2. The fraction of sp³-hybridized carbons (Fsp3) is 0.185. The van der Waals surface area contributed by atoms with Gasteiger partial charge in [-0.15, -0.1) is 0 Å². The van der Waals surface area contributed by atoms with E-state index in [9.17, 15) is 9.59 Å². The Morgan fingerprint density at radius 3 is 2.26 bits per heavy atom. The predicted octanol–water partition coefficient (Wildman–Crippen LogP) is 6.76.